The van der Waals surface area contributed by atoms with Crippen LogP contribution in [0.3, 0.4) is 0 Å². The predicted octanol–water partition coefficient (Wildman–Crippen LogP) is 4.63. The number of nitro groups is 1. The Bertz CT molecular complexity index is 1850. The van der Waals surface area contributed by atoms with Crippen LogP contribution in [0.1, 0.15) is 31.2 Å². The molecule has 4 aromatic rings. The van der Waals surface area contributed by atoms with Crippen LogP contribution in [0, 0.1) is 10.1 Å². The summed E-state index contributed by atoms with van der Waals surface area (Å²) in [6.45, 7) is 3.58. The summed E-state index contributed by atoms with van der Waals surface area (Å²) in [7, 11) is 1.42. The Kier molecular flexibility index (Phi) is 7.42. The van der Waals surface area contributed by atoms with E-state index in [0.29, 0.717) is 37.1 Å². The Balaban J connectivity index is 1.62. The summed E-state index contributed by atoms with van der Waals surface area (Å²) < 4.78 is 18.0. The van der Waals surface area contributed by atoms with Gasteiger partial charge in [0, 0.05) is 11.1 Å². The van der Waals surface area contributed by atoms with E-state index in [4.69, 9.17) is 25.5 Å². The van der Waals surface area contributed by atoms with E-state index in [0.717, 1.165) is 11.3 Å². The topological polar surface area (TPSA) is 126 Å². The SMILES string of the molecule is CCOC(=O)C1=C(C)N=c2s/c(=C\c3ccc(-c4ccc(OC)cc4[N+](=O)[O-])o3)c(=O)n2C1c1ccc(Cl)cc1. The summed E-state index contributed by atoms with van der Waals surface area (Å²) in [5.74, 6) is 0.355. The molecule has 3 heterocycles. The second-order valence-electron chi connectivity index (χ2n) is 8.70. The Morgan fingerprint density at radius 3 is 2.65 bits per heavy atom. The maximum Gasteiger partial charge on any atom is 0.338 e. The molecule has 2 aromatic heterocycles. The fraction of sp³-hybridized carbons (Fsp3) is 0.179. The number of hydrogen-bond donors (Lipinski definition) is 0. The predicted molar refractivity (Wildman–Crippen MR) is 149 cm³/mol. The van der Waals surface area contributed by atoms with Crippen molar-refractivity contribution in [1.82, 2.24) is 4.57 Å². The van der Waals surface area contributed by atoms with Crippen LogP contribution in [-0.4, -0.2) is 29.2 Å². The standard InChI is InChI=1S/C28H22ClN3O7S/c1-4-38-27(34)24-15(2)30-28-31(25(24)16-5-7-17(29)8-6-16)26(33)23(40-28)14-19-10-12-22(39-19)20-11-9-18(37-3)13-21(20)32(35)36/h5-14,25H,4H2,1-3H3/b23-14-. The van der Waals surface area contributed by atoms with Crippen LogP contribution in [0.15, 0.2) is 80.1 Å². The van der Waals surface area contributed by atoms with Gasteiger partial charge in [-0.05, 0) is 55.8 Å². The molecule has 0 fully saturated rings. The average Bonchev–Trinajstić information content (AvgIpc) is 3.52. The van der Waals surface area contributed by atoms with Crippen LogP contribution >= 0.6 is 22.9 Å². The van der Waals surface area contributed by atoms with Gasteiger partial charge in [-0.3, -0.25) is 19.5 Å². The molecule has 1 atom stereocenters. The van der Waals surface area contributed by atoms with Crippen molar-refractivity contribution in [2.45, 2.75) is 19.9 Å². The van der Waals surface area contributed by atoms with E-state index >= 15 is 0 Å². The van der Waals surface area contributed by atoms with Crippen molar-refractivity contribution in [3.05, 3.63) is 112 Å². The number of benzene rings is 2. The first-order valence-corrected chi connectivity index (χ1v) is 13.3. The van der Waals surface area contributed by atoms with Crippen molar-refractivity contribution in [2.75, 3.05) is 13.7 Å². The lowest BCUT2D eigenvalue weighted by Crippen LogP contribution is -2.39. The van der Waals surface area contributed by atoms with E-state index in [1.807, 2.05) is 0 Å². The van der Waals surface area contributed by atoms with Gasteiger partial charge in [-0.2, -0.15) is 0 Å². The fourth-order valence-electron chi connectivity index (χ4n) is 4.45. The highest BCUT2D eigenvalue weighted by atomic mass is 35.5. The largest absolute Gasteiger partial charge is 0.497 e. The fourth-order valence-corrected chi connectivity index (χ4v) is 5.61. The Hall–Kier alpha value is -4.48. The number of carbonyl (C=O) groups is 1. The summed E-state index contributed by atoms with van der Waals surface area (Å²) >= 11 is 7.23. The molecule has 0 aliphatic carbocycles. The number of rotatable bonds is 7. The summed E-state index contributed by atoms with van der Waals surface area (Å²) in [6.07, 6.45) is 1.55. The van der Waals surface area contributed by atoms with Crippen molar-refractivity contribution < 1.29 is 23.6 Å². The van der Waals surface area contributed by atoms with Gasteiger partial charge in [0.1, 0.15) is 17.3 Å². The zero-order valence-corrected chi connectivity index (χ0v) is 23.1. The van der Waals surface area contributed by atoms with Gasteiger partial charge >= 0.3 is 5.97 Å². The first kappa shape index (κ1) is 27.1. The highest BCUT2D eigenvalue weighted by Gasteiger charge is 2.33. The molecule has 0 amide bonds. The molecule has 40 heavy (non-hydrogen) atoms. The van der Waals surface area contributed by atoms with Gasteiger partial charge in [-0.1, -0.05) is 35.1 Å². The Labute approximate surface area is 236 Å². The monoisotopic (exact) mass is 579 g/mol. The number of thiazole rings is 1. The van der Waals surface area contributed by atoms with Gasteiger partial charge in [-0.15, -0.1) is 0 Å². The van der Waals surface area contributed by atoms with Gasteiger partial charge in [0.05, 0.1) is 52.1 Å². The normalized spacial score (nSPS) is 15.0. The molecule has 0 saturated carbocycles. The molecule has 12 heteroatoms. The van der Waals surface area contributed by atoms with Gasteiger partial charge in [0.2, 0.25) is 0 Å². The third-order valence-corrected chi connectivity index (χ3v) is 7.50. The van der Waals surface area contributed by atoms with Gasteiger partial charge in [0.15, 0.2) is 4.80 Å². The molecule has 0 saturated heterocycles. The Morgan fingerprint density at radius 2 is 1.98 bits per heavy atom. The van der Waals surface area contributed by atoms with Crippen LogP contribution in [0.25, 0.3) is 17.4 Å². The number of nitrogens with zero attached hydrogens (tertiary/aromatic N) is 3. The number of halogens is 1. The van der Waals surface area contributed by atoms with Crippen molar-refractivity contribution in [1.29, 1.82) is 0 Å². The van der Waals surface area contributed by atoms with Crippen molar-refractivity contribution in [2.24, 2.45) is 4.99 Å². The van der Waals surface area contributed by atoms with Crippen molar-refractivity contribution in [3.63, 3.8) is 0 Å². The summed E-state index contributed by atoms with van der Waals surface area (Å²) in [5.41, 5.74) is 1.08. The second kappa shape index (κ2) is 10.9. The second-order valence-corrected chi connectivity index (χ2v) is 10.1. The highest BCUT2D eigenvalue weighted by Crippen LogP contribution is 2.34. The minimum atomic E-state index is -0.774. The van der Waals surface area contributed by atoms with Gasteiger partial charge in [-0.25, -0.2) is 9.79 Å². The number of carbonyl (C=O) groups excluding carboxylic acids is 1. The van der Waals surface area contributed by atoms with Crippen molar-refractivity contribution >= 4 is 40.7 Å². The smallest absolute Gasteiger partial charge is 0.338 e. The molecule has 5 rings (SSSR count). The average molecular weight is 580 g/mol. The van der Waals surface area contributed by atoms with Crippen LogP contribution in [0.4, 0.5) is 5.69 Å². The van der Waals surface area contributed by atoms with Crippen LogP contribution in [0.2, 0.25) is 5.02 Å². The number of methoxy groups -OCH3 is 1. The lowest BCUT2D eigenvalue weighted by atomic mass is 9.96. The number of nitro benzene ring substituents is 1. The van der Waals surface area contributed by atoms with Crippen LogP contribution < -0.4 is 19.6 Å². The number of furan rings is 1. The summed E-state index contributed by atoms with van der Waals surface area (Å²) in [6, 6.07) is 13.8. The molecule has 1 aliphatic heterocycles. The highest BCUT2D eigenvalue weighted by molar-refractivity contribution is 7.07. The van der Waals surface area contributed by atoms with Crippen molar-refractivity contribution in [3.8, 4) is 17.1 Å². The van der Waals surface area contributed by atoms with E-state index in [1.54, 1.807) is 68.5 Å². The molecule has 204 valence electrons. The summed E-state index contributed by atoms with van der Waals surface area (Å²) in [5, 5.41) is 12.1. The molecular formula is C28H22ClN3O7S. The molecular weight excluding hydrogens is 558 g/mol. The number of allylic oxidation sites excluding steroid dienone is 1. The zero-order valence-electron chi connectivity index (χ0n) is 21.5. The van der Waals surface area contributed by atoms with E-state index in [-0.39, 0.29) is 34.8 Å². The van der Waals surface area contributed by atoms with Gasteiger partial charge < -0.3 is 13.9 Å². The molecule has 0 spiro atoms. The number of ether oxygens (including phenoxy) is 2. The number of esters is 1. The Morgan fingerprint density at radius 1 is 1.23 bits per heavy atom. The first-order valence-electron chi connectivity index (χ1n) is 12.1. The lowest BCUT2D eigenvalue weighted by Gasteiger charge is -2.24. The number of fused-ring (bicyclic) bond motifs is 1. The molecule has 10 nitrogen and oxygen atoms in total. The molecule has 0 radical (unpaired) electrons. The van der Waals surface area contributed by atoms with E-state index in [2.05, 4.69) is 4.99 Å². The third-order valence-electron chi connectivity index (χ3n) is 6.27. The van der Waals surface area contributed by atoms with E-state index in [9.17, 15) is 19.7 Å². The first-order chi connectivity index (χ1) is 19.2. The molecule has 0 bridgehead atoms. The molecule has 2 aromatic carbocycles. The maximum atomic E-state index is 13.7. The maximum absolute atomic E-state index is 13.7. The molecule has 1 unspecified atom stereocenters. The van der Waals surface area contributed by atoms with E-state index in [1.165, 1.54) is 17.7 Å². The quantitative estimate of drug-likeness (QED) is 0.177. The third kappa shape index (κ3) is 4.96. The number of hydrogen-bond acceptors (Lipinski definition) is 9. The molecule has 0 N–H and O–H groups in total. The number of aromatic nitrogens is 1. The van der Waals surface area contributed by atoms with Crippen LogP contribution in [0.5, 0.6) is 5.75 Å². The minimum Gasteiger partial charge on any atom is -0.497 e. The molecule has 1 aliphatic rings. The zero-order chi connectivity index (χ0) is 28.6. The van der Waals surface area contributed by atoms with Crippen LogP contribution in [-0.2, 0) is 9.53 Å². The van der Waals surface area contributed by atoms with Gasteiger partial charge in [0.25, 0.3) is 11.2 Å². The lowest BCUT2D eigenvalue weighted by molar-refractivity contribution is -0.384. The minimum absolute atomic E-state index is 0.167. The summed E-state index contributed by atoms with van der Waals surface area (Å²) in [4.78, 5) is 42.8. The van der Waals surface area contributed by atoms with E-state index < -0.39 is 16.9 Å².